The quantitative estimate of drug-likeness (QED) is 0.786. The van der Waals surface area contributed by atoms with Crippen LogP contribution >= 0.6 is 11.3 Å². The van der Waals surface area contributed by atoms with Gasteiger partial charge in [0.15, 0.2) is 0 Å². The summed E-state index contributed by atoms with van der Waals surface area (Å²) in [4.78, 5) is 33.6. The number of aliphatic carboxylic acids is 1. The fourth-order valence-electron chi connectivity index (χ4n) is 1.57. The molecule has 0 saturated heterocycles. The maximum atomic E-state index is 11.3. The Hall–Kier alpha value is -2.67. The lowest BCUT2D eigenvalue weighted by Crippen LogP contribution is -2.36. The van der Waals surface area contributed by atoms with E-state index >= 15 is 0 Å². The molecule has 0 spiro atoms. The third-order valence-corrected chi connectivity index (χ3v) is 3.57. The number of thiophene rings is 1. The number of anilines is 1. The number of nitrogens with two attached hydrogens (primary N) is 1. The first-order valence-electron chi connectivity index (χ1n) is 5.50. The third-order valence-electron chi connectivity index (χ3n) is 2.47. The summed E-state index contributed by atoms with van der Waals surface area (Å²) in [6, 6.07) is 10.6. The van der Waals surface area contributed by atoms with Gasteiger partial charge >= 0.3 is 0 Å². The molecule has 2 amide bonds. The molecule has 0 bridgehead atoms. The van der Waals surface area contributed by atoms with Gasteiger partial charge in [-0.05, 0) is 11.6 Å². The second kappa shape index (κ2) is 5.54. The number of primary amides is 1. The lowest BCUT2D eigenvalue weighted by molar-refractivity contribution is -0.299. The topological polar surface area (TPSA) is 112 Å². The Morgan fingerprint density at radius 2 is 1.80 bits per heavy atom. The molecule has 1 aromatic heterocycles. The van der Waals surface area contributed by atoms with Gasteiger partial charge in [0.2, 0.25) is 0 Å². The Morgan fingerprint density at radius 1 is 1.15 bits per heavy atom. The van der Waals surface area contributed by atoms with Crippen molar-refractivity contribution in [2.45, 2.75) is 0 Å². The Morgan fingerprint density at radius 3 is 2.35 bits per heavy atom. The van der Waals surface area contributed by atoms with Crippen molar-refractivity contribution in [3.05, 3.63) is 42.0 Å². The van der Waals surface area contributed by atoms with E-state index in [0.29, 0.717) is 4.88 Å². The molecular weight excluding hydrogens is 280 g/mol. The summed E-state index contributed by atoms with van der Waals surface area (Å²) in [7, 11) is 0. The minimum atomic E-state index is -1.88. The van der Waals surface area contributed by atoms with Gasteiger partial charge in [0, 0.05) is 4.88 Å². The van der Waals surface area contributed by atoms with Gasteiger partial charge in [-0.25, -0.2) is 0 Å². The van der Waals surface area contributed by atoms with Crippen molar-refractivity contribution in [1.82, 2.24) is 0 Å². The number of carbonyl (C=O) groups excluding carboxylic acids is 3. The number of nitrogens with one attached hydrogen (secondary N) is 1. The molecule has 0 atom stereocenters. The predicted molar refractivity (Wildman–Crippen MR) is 71.9 cm³/mol. The van der Waals surface area contributed by atoms with Gasteiger partial charge in [0.25, 0.3) is 11.8 Å². The summed E-state index contributed by atoms with van der Waals surface area (Å²) >= 11 is 1.06. The minimum absolute atomic E-state index is 0.0588. The van der Waals surface area contributed by atoms with Crippen LogP contribution < -0.4 is 16.2 Å². The maximum absolute atomic E-state index is 11.3. The van der Waals surface area contributed by atoms with E-state index in [-0.39, 0.29) is 10.6 Å². The van der Waals surface area contributed by atoms with Crippen LogP contribution in [0.15, 0.2) is 36.4 Å². The molecule has 7 heteroatoms. The average Bonchev–Trinajstić information content (AvgIpc) is 2.83. The van der Waals surface area contributed by atoms with Crippen LogP contribution in [-0.2, 0) is 9.59 Å². The van der Waals surface area contributed by atoms with Crippen LogP contribution in [0.2, 0.25) is 0 Å². The molecule has 0 radical (unpaired) electrons. The first kappa shape index (κ1) is 13.8. The average molecular weight is 289 g/mol. The summed E-state index contributed by atoms with van der Waals surface area (Å²) in [6.45, 7) is 0. The first-order chi connectivity index (χ1) is 9.49. The largest absolute Gasteiger partial charge is 0.540 e. The van der Waals surface area contributed by atoms with E-state index < -0.39 is 17.8 Å². The van der Waals surface area contributed by atoms with E-state index in [1.54, 1.807) is 0 Å². The number of carboxylic acids is 1. The molecule has 0 aliphatic heterocycles. The van der Waals surface area contributed by atoms with Crippen LogP contribution in [-0.4, -0.2) is 17.8 Å². The van der Waals surface area contributed by atoms with Gasteiger partial charge in [-0.15, -0.1) is 11.3 Å². The Kier molecular flexibility index (Phi) is 3.81. The second-order valence-electron chi connectivity index (χ2n) is 3.83. The smallest absolute Gasteiger partial charge is 0.271 e. The number of hydrogen-bond acceptors (Lipinski definition) is 5. The lowest BCUT2D eigenvalue weighted by atomic mass is 10.1. The molecule has 3 N–H and O–H groups in total. The van der Waals surface area contributed by atoms with Crippen LogP contribution in [0.3, 0.4) is 0 Å². The van der Waals surface area contributed by atoms with Gasteiger partial charge in [0.1, 0.15) is 11.0 Å². The summed E-state index contributed by atoms with van der Waals surface area (Å²) < 4.78 is 0. The van der Waals surface area contributed by atoms with Crippen LogP contribution in [0.1, 0.15) is 10.4 Å². The highest BCUT2D eigenvalue weighted by Crippen LogP contribution is 2.35. The number of carbonyl (C=O) groups is 3. The fourth-order valence-corrected chi connectivity index (χ4v) is 2.63. The molecule has 2 rings (SSSR count). The third kappa shape index (κ3) is 2.83. The van der Waals surface area contributed by atoms with Crippen molar-refractivity contribution in [2.75, 3.05) is 5.32 Å². The molecule has 0 unspecified atom stereocenters. The summed E-state index contributed by atoms with van der Waals surface area (Å²) in [6.07, 6.45) is 0. The number of carboxylic acid groups (broad SMARTS) is 1. The van der Waals surface area contributed by atoms with Crippen molar-refractivity contribution in [2.24, 2.45) is 5.73 Å². The maximum Gasteiger partial charge on any atom is 0.271 e. The van der Waals surface area contributed by atoms with Crippen molar-refractivity contribution < 1.29 is 19.5 Å². The highest BCUT2D eigenvalue weighted by Gasteiger charge is 2.17. The van der Waals surface area contributed by atoms with Gasteiger partial charge in [-0.1, -0.05) is 30.3 Å². The zero-order valence-corrected chi connectivity index (χ0v) is 10.9. The highest BCUT2D eigenvalue weighted by molar-refractivity contribution is 7.20. The summed E-state index contributed by atoms with van der Waals surface area (Å²) in [5.41, 5.74) is 6.10. The van der Waals surface area contributed by atoms with E-state index in [1.165, 1.54) is 6.07 Å². The second-order valence-corrected chi connectivity index (χ2v) is 4.88. The summed E-state index contributed by atoms with van der Waals surface area (Å²) in [5.74, 6) is -3.96. The van der Waals surface area contributed by atoms with Crippen LogP contribution in [0.4, 0.5) is 5.00 Å². The van der Waals surface area contributed by atoms with Crippen molar-refractivity contribution in [1.29, 1.82) is 0 Å². The standard InChI is InChI=1S/C13H10N2O4S/c14-10(16)8-6-9(7-4-2-1-3-5-7)20-12(8)15-11(17)13(18)19/h1-6H,(H2,14,16)(H,15,17)(H,18,19)/p-1. The molecule has 0 fully saturated rings. The van der Waals surface area contributed by atoms with E-state index in [9.17, 15) is 19.5 Å². The molecule has 1 aromatic carbocycles. The lowest BCUT2D eigenvalue weighted by Gasteiger charge is -2.04. The normalized spacial score (nSPS) is 10.0. The van der Waals surface area contributed by atoms with Gasteiger partial charge in [0.05, 0.1) is 5.56 Å². The van der Waals surface area contributed by atoms with Gasteiger partial charge in [-0.2, -0.15) is 0 Å². The Labute approximate surface area is 117 Å². The number of rotatable bonds is 3. The van der Waals surface area contributed by atoms with E-state index in [4.69, 9.17) is 5.73 Å². The van der Waals surface area contributed by atoms with Crippen molar-refractivity contribution >= 4 is 34.1 Å². The van der Waals surface area contributed by atoms with E-state index in [0.717, 1.165) is 16.9 Å². The molecular formula is C13H9N2O4S-. The predicted octanol–water partition coefficient (Wildman–Crippen LogP) is 0.202. The monoisotopic (exact) mass is 289 g/mol. The van der Waals surface area contributed by atoms with Crippen LogP contribution in [0.25, 0.3) is 10.4 Å². The SMILES string of the molecule is NC(=O)c1cc(-c2ccccc2)sc1NC(=O)C(=O)[O-]. The van der Waals surface area contributed by atoms with Crippen LogP contribution in [0.5, 0.6) is 0 Å². The molecule has 102 valence electrons. The van der Waals surface area contributed by atoms with Crippen molar-refractivity contribution in [3.8, 4) is 10.4 Å². The molecule has 20 heavy (non-hydrogen) atoms. The molecule has 0 aliphatic carbocycles. The zero-order valence-electron chi connectivity index (χ0n) is 10.1. The van der Waals surface area contributed by atoms with Gasteiger partial charge < -0.3 is 21.0 Å². The molecule has 0 saturated carbocycles. The Balaban J connectivity index is 2.41. The summed E-state index contributed by atoms with van der Waals surface area (Å²) in [5, 5.41) is 12.6. The zero-order chi connectivity index (χ0) is 14.7. The van der Waals surface area contributed by atoms with Crippen LogP contribution in [0, 0.1) is 0 Å². The molecule has 2 aromatic rings. The molecule has 6 nitrogen and oxygen atoms in total. The number of hydrogen-bond donors (Lipinski definition) is 2. The van der Waals surface area contributed by atoms with Gasteiger partial charge in [-0.3, -0.25) is 9.59 Å². The van der Waals surface area contributed by atoms with E-state index in [2.05, 4.69) is 5.32 Å². The molecule has 0 aliphatic rings. The highest BCUT2D eigenvalue weighted by atomic mass is 32.1. The van der Waals surface area contributed by atoms with Crippen molar-refractivity contribution in [3.63, 3.8) is 0 Å². The Bertz CT molecular complexity index is 679. The fraction of sp³-hybridized carbons (Fsp3) is 0. The molecule has 1 heterocycles. The van der Waals surface area contributed by atoms with E-state index in [1.807, 2.05) is 30.3 Å². The number of benzene rings is 1. The minimum Gasteiger partial charge on any atom is -0.540 e. The first-order valence-corrected chi connectivity index (χ1v) is 6.32. The number of amides is 2.